The number of rotatable bonds is 5. The van der Waals surface area contributed by atoms with Crippen molar-refractivity contribution < 1.29 is 0 Å². The molecule has 0 atom stereocenters. The van der Waals surface area contributed by atoms with Crippen molar-refractivity contribution in [3.63, 3.8) is 0 Å². The predicted octanol–water partition coefficient (Wildman–Crippen LogP) is 13.2. The number of thiophene rings is 1. The van der Waals surface area contributed by atoms with Crippen LogP contribution in [0, 0.1) is 0 Å². The molecule has 224 valence electrons. The van der Waals surface area contributed by atoms with E-state index in [4.69, 9.17) is 0 Å². The smallest absolute Gasteiger partial charge is 0.0640 e. The second-order valence-electron chi connectivity index (χ2n) is 13.0. The zero-order chi connectivity index (χ0) is 31.5. The van der Waals surface area contributed by atoms with Gasteiger partial charge in [-0.3, -0.25) is 0 Å². The molecule has 0 unspecified atom stereocenters. The minimum Gasteiger partial charge on any atom is -0.309 e. The molecule has 1 aromatic heterocycles. The second-order valence-corrected chi connectivity index (χ2v) is 14.0. The van der Waals surface area contributed by atoms with Gasteiger partial charge < -0.3 is 4.90 Å². The van der Waals surface area contributed by atoms with E-state index in [1.165, 1.54) is 76.1 Å². The molecule has 0 amide bonds. The lowest BCUT2D eigenvalue weighted by atomic mass is 9.82. The monoisotopic (exact) mass is 619 g/mol. The Hall–Kier alpha value is -5.44. The Labute approximate surface area is 280 Å². The third kappa shape index (κ3) is 4.44. The van der Waals surface area contributed by atoms with Gasteiger partial charge in [-0.15, -0.1) is 11.3 Å². The lowest BCUT2D eigenvalue weighted by molar-refractivity contribution is 0.660. The summed E-state index contributed by atoms with van der Waals surface area (Å²) in [6, 6.07) is 59.9. The number of benzene rings is 7. The minimum absolute atomic E-state index is 0.0843. The fourth-order valence-corrected chi connectivity index (χ4v) is 8.86. The predicted molar refractivity (Wildman–Crippen MR) is 202 cm³/mol. The van der Waals surface area contributed by atoms with Crippen LogP contribution in [0.25, 0.3) is 53.6 Å². The van der Waals surface area contributed by atoms with Crippen molar-refractivity contribution in [3.05, 3.63) is 175 Å². The van der Waals surface area contributed by atoms with Crippen LogP contribution >= 0.6 is 11.3 Å². The van der Waals surface area contributed by atoms with Crippen molar-refractivity contribution in [1.29, 1.82) is 0 Å². The highest BCUT2D eigenvalue weighted by molar-refractivity contribution is 7.27. The summed E-state index contributed by atoms with van der Waals surface area (Å²) in [6.45, 7) is 4.72. The van der Waals surface area contributed by atoms with Crippen LogP contribution in [0.1, 0.15) is 25.0 Å². The number of fused-ring (bicyclic) bond motifs is 6. The van der Waals surface area contributed by atoms with Gasteiger partial charge in [0, 0.05) is 32.3 Å². The van der Waals surface area contributed by atoms with Crippen molar-refractivity contribution in [2.75, 3.05) is 4.90 Å². The first-order valence-corrected chi connectivity index (χ1v) is 17.1. The molecule has 1 aliphatic carbocycles. The number of anilines is 3. The Balaban J connectivity index is 1.27. The summed E-state index contributed by atoms with van der Waals surface area (Å²) in [5, 5.41) is 2.60. The summed E-state index contributed by atoms with van der Waals surface area (Å²) >= 11 is 1.90. The van der Waals surface area contributed by atoms with Crippen molar-refractivity contribution in [2.24, 2.45) is 0 Å². The third-order valence-corrected chi connectivity index (χ3v) is 11.2. The molecular weight excluding hydrogens is 587 g/mol. The molecule has 1 nitrogen and oxygen atoms in total. The van der Waals surface area contributed by atoms with Gasteiger partial charge in [0.05, 0.1) is 10.4 Å². The summed E-state index contributed by atoms with van der Waals surface area (Å²) in [4.78, 5) is 2.47. The van der Waals surface area contributed by atoms with Crippen LogP contribution in [0.4, 0.5) is 17.1 Å². The number of hydrogen-bond acceptors (Lipinski definition) is 2. The van der Waals surface area contributed by atoms with Gasteiger partial charge in [-0.25, -0.2) is 0 Å². The molecule has 9 rings (SSSR count). The van der Waals surface area contributed by atoms with Crippen LogP contribution in [0.5, 0.6) is 0 Å². The van der Waals surface area contributed by atoms with E-state index < -0.39 is 0 Å². The van der Waals surface area contributed by atoms with Gasteiger partial charge in [0.15, 0.2) is 0 Å². The highest BCUT2D eigenvalue weighted by Gasteiger charge is 2.35. The molecule has 7 aromatic carbocycles. The molecule has 8 aromatic rings. The Kier molecular flexibility index (Phi) is 6.41. The lowest BCUT2D eigenvalue weighted by Crippen LogP contribution is -2.16. The topological polar surface area (TPSA) is 3.24 Å². The van der Waals surface area contributed by atoms with Crippen molar-refractivity contribution in [3.8, 4) is 33.4 Å². The molecule has 0 bridgehead atoms. The first-order chi connectivity index (χ1) is 23.1. The van der Waals surface area contributed by atoms with Crippen LogP contribution in [-0.2, 0) is 5.41 Å². The third-order valence-electron chi connectivity index (χ3n) is 9.89. The molecule has 0 spiro atoms. The Morgan fingerprint density at radius 2 is 1.00 bits per heavy atom. The summed E-state index contributed by atoms with van der Waals surface area (Å²) in [5.74, 6) is 0. The van der Waals surface area contributed by atoms with E-state index in [1.54, 1.807) is 0 Å². The maximum atomic E-state index is 2.47. The standard InChI is InChI=1S/C45H33NS/c1-45(2)40-21-10-9-17-36(40)37-28-27-34(29-41(37)45)46(33-25-23-31(24-26-33)30-13-5-3-6-14-30)42-22-12-20-39-38-19-11-18-35(43(38)47-44(39)42)32-15-7-4-8-16-32/h3-29H,1-2H3. The highest BCUT2D eigenvalue weighted by atomic mass is 32.1. The van der Waals surface area contributed by atoms with Crippen LogP contribution in [0.15, 0.2) is 164 Å². The van der Waals surface area contributed by atoms with Gasteiger partial charge in [0.2, 0.25) is 0 Å². The van der Waals surface area contributed by atoms with E-state index in [1.807, 2.05) is 11.3 Å². The molecule has 0 aliphatic heterocycles. The highest BCUT2D eigenvalue weighted by Crippen LogP contribution is 2.52. The fourth-order valence-electron chi connectivity index (χ4n) is 7.52. The van der Waals surface area contributed by atoms with Crippen LogP contribution in [-0.4, -0.2) is 0 Å². The summed E-state index contributed by atoms with van der Waals surface area (Å²) < 4.78 is 2.62. The Bertz CT molecular complexity index is 2420. The zero-order valence-corrected chi connectivity index (χ0v) is 27.3. The van der Waals surface area contributed by atoms with Gasteiger partial charge >= 0.3 is 0 Å². The van der Waals surface area contributed by atoms with Crippen molar-refractivity contribution in [1.82, 2.24) is 0 Å². The van der Waals surface area contributed by atoms with E-state index in [-0.39, 0.29) is 5.41 Å². The number of nitrogens with zero attached hydrogens (tertiary/aromatic N) is 1. The van der Waals surface area contributed by atoms with Gasteiger partial charge in [0.1, 0.15) is 0 Å². The molecule has 0 N–H and O–H groups in total. The first-order valence-electron chi connectivity index (χ1n) is 16.3. The maximum absolute atomic E-state index is 2.47. The molecule has 1 heterocycles. The van der Waals surface area contributed by atoms with Crippen LogP contribution in [0.3, 0.4) is 0 Å². The SMILES string of the molecule is CC1(C)c2ccccc2-c2ccc(N(c3ccc(-c4ccccc4)cc3)c3cccc4c3sc3c(-c5ccccc5)cccc34)cc21. The average Bonchev–Trinajstić information content (AvgIpc) is 3.62. The number of hydrogen-bond donors (Lipinski definition) is 0. The van der Waals surface area contributed by atoms with E-state index >= 15 is 0 Å². The molecule has 1 aliphatic rings. The van der Waals surface area contributed by atoms with Crippen molar-refractivity contribution >= 4 is 48.6 Å². The normalized spacial score (nSPS) is 13.1. The zero-order valence-electron chi connectivity index (χ0n) is 26.4. The van der Waals surface area contributed by atoms with E-state index in [0.717, 1.165) is 5.69 Å². The maximum Gasteiger partial charge on any atom is 0.0640 e. The largest absolute Gasteiger partial charge is 0.309 e. The summed E-state index contributed by atoms with van der Waals surface area (Å²) in [6.07, 6.45) is 0. The average molecular weight is 620 g/mol. The molecule has 0 saturated carbocycles. The molecule has 0 radical (unpaired) electrons. The first kappa shape index (κ1) is 27.8. The second kappa shape index (κ2) is 10.8. The van der Waals surface area contributed by atoms with E-state index in [9.17, 15) is 0 Å². The van der Waals surface area contributed by atoms with Gasteiger partial charge in [-0.2, -0.15) is 0 Å². The van der Waals surface area contributed by atoms with Gasteiger partial charge in [0.25, 0.3) is 0 Å². The lowest BCUT2D eigenvalue weighted by Gasteiger charge is -2.28. The van der Waals surface area contributed by atoms with E-state index in [2.05, 4.69) is 183 Å². The summed E-state index contributed by atoms with van der Waals surface area (Å²) in [5.41, 5.74) is 13.8. The molecule has 0 fully saturated rings. The van der Waals surface area contributed by atoms with E-state index in [0.29, 0.717) is 0 Å². The Morgan fingerprint density at radius 1 is 0.426 bits per heavy atom. The van der Waals surface area contributed by atoms with Gasteiger partial charge in [-0.1, -0.05) is 147 Å². The molecule has 2 heteroatoms. The quantitative estimate of drug-likeness (QED) is 0.185. The van der Waals surface area contributed by atoms with Crippen LogP contribution < -0.4 is 4.90 Å². The van der Waals surface area contributed by atoms with Crippen LogP contribution in [0.2, 0.25) is 0 Å². The molecular formula is C45H33NS. The minimum atomic E-state index is -0.0843. The fraction of sp³-hybridized carbons (Fsp3) is 0.0667. The Morgan fingerprint density at radius 3 is 1.77 bits per heavy atom. The summed E-state index contributed by atoms with van der Waals surface area (Å²) in [7, 11) is 0. The van der Waals surface area contributed by atoms with Crippen molar-refractivity contribution in [2.45, 2.75) is 19.3 Å². The van der Waals surface area contributed by atoms with Gasteiger partial charge in [-0.05, 0) is 74.8 Å². The molecule has 0 saturated heterocycles. The molecule has 47 heavy (non-hydrogen) atoms.